The number of hydrogen-bond acceptors (Lipinski definition) is 7. The van der Waals surface area contributed by atoms with Crippen molar-refractivity contribution in [1.82, 2.24) is 29.9 Å². The van der Waals surface area contributed by atoms with E-state index in [1.165, 1.54) is 11.8 Å². The minimum absolute atomic E-state index is 0.265. The number of hydrogen-bond donors (Lipinski definition) is 3. The van der Waals surface area contributed by atoms with Crippen molar-refractivity contribution in [3.8, 4) is 5.69 Å². The highest BCUT2D eigenvalue weighted by Gasteiger charge is 2.17. The number of aromatic nitrogens is 6. The number of rotatable bonds is 9. The molecule has 3 aromatic heterocycles. The molecule has 0 bridgehead atoms. The van der Waals surface area contributed by atoms with E-state index in [1.54, 1.807) is 6.20 Å². The van der Waals surface area contributed by atoms with Crippen LogP contribution >= 0.6 is 11.8 Å². The maximum absolute atomic E-state index is 9.93. The van der Waals surface area contributed by atoms with Gasteiger partial charge in [-0.1, -0.05) is 44.7 Å². The third kappa shape index (κ3) is 4.88. The second-order valence-corrected chi connectivity index (χ2v) is 8.67. The summed E-state index contributed by atoms with van der Waals surface area (Å²) in [7, 11) is 0. The first-order valence-corrected chi connectivity index (χ1v) is 11.4. The standard InChI is InChI=1S/C22H27N7OS/c1-4-17(30)13-31-22-25-19-18(14(2)3)27-28-20(19)21(26-22)23-12-15-6-8-16(9-7-15)29-11-5-10-24-29/h5-11,14,17,30H,4,12-13H2,1-3H3,(H,27,28)(H,23,25,26). The zero-order valence-electron chi connectivity index (χ0n) is 17.9. The van der Waals surface area contributed by atoms with E-state index in [0.29, 0.717) is 29.7 Å². The van der Waals surface area contributed by atoms with E-state index in [4.69, 9.17) is 4.98 Å². The zero-order valence-corrected chi connectivity index (χ0v) is 18.7. The maximum atomic E-state index is 9.93. The lowest BCUT2D eigenvalue weighted by Gasteiger charge is -2.11. The van der Waals surface area contributed by atoms with Crippen LogP contribution in [0.25, 0.3) is 16.7 Å². The van der Waals surface area contributed by atoms with Gasteiger partial charge in [0.05, 0.1) is 17.5 Å². The predicted molar refractivity (Wildman–Crippen MR) is 124 cm³/mol. The largest absolute Gasteiger partial charge is 0.392 e. The molecule has 4 aromatic rings. The normalized spacial score (nSPS) is 12.5. The van der Waals surface area contributed by atoms with Gasteiger partial charge in [0.15, 0.2) is 16.5 Å². The number of nitrogens with one attached hydrogen (secondary N) is 2. The van der Waals surface area contributed by atoms with E-state index in [1.807, 2.05) is 36.0 Å². The van der Waals surface area contributed by atoms with Crippen molar-refractivity contribution in [3.63, 3.8) is 0 Å². The summed E-state index contributed by atoms with van der Waals surface area (Å²) in [4.78, 5) is 9.40. The number of fused-ring (bicyclic) bond motifs is 1. The molecule has 9 heteroatoms. The molecule has 31 heavy (non-hydrogen) atoms. The molecule has 0 aliphatic heterocycles. The lowest BCUT2D eigenvalue weighted by atomic mass is 10.1. The Labute approximate surface area is 185 Å². The van der Waals surface area contributed by atoms with Crippen molar-refractivity contribution in [1.29, 1.82) is 0 Å². The summed E-state index contributed by atoms with van der Waals surface area (Å²) in [5.74, 6) is 1.52. The number of aromatic amines is 1. The Kier molecular flexibility index (Phi) is 6.53. The lowest BCUT2D eigenvalue weighted by molar-refractivity contribution is 0.195. The van der Waals surface area contributed by atoms with Crippen LogP contribution < -0.4 is 5.32 Å². The Morgan fingerprint density at radius 1 is 1.16 bits per heavy atom. The summed E-state index contributed by atoms with van der Waals surface area (Å²) in [5.41, 5.74) is 4.69. The number of thioether (sulfide) groups is 1. The van der Waals surface area contributed by atoms with Crippen molar-refractivity contribution < 1.29 is 5.11 Å². The second-order valence-electron chi connectivity index (χ2n) is 7.69. The molecule has 8 nitrogen and oxygen atoms in total. The Hall–Kier alpha value is -2.91. The minimum Gasteiger partial charge on any atom is -0.392 e. The van der Waals surface area contributed by atoms with Gasteiger partial charge in [0.25, 0.3) is 0 Å². The molecule has 1 atom stereocenters. The molecule has 3 N–H and O–H groups in total. The van der Waals surface area contributed by atoms with Gasteiger partial charge in [-0.15, -0.1) is 0 Å². The van der Waals surface area contributed by atoms with E-state index in [9.17, 15) is 5.11 Å². The van der Waals surface area contributed by atoms with E-state index in [-0.39, 0.29) is 12.0 Å². The Balaban J connectivity index is 1.56. The Morgan fingerprint density at radius 2 is 1.97 bits per heavy atom. The fraction of sp³-hybridized carbons (Fsp3) is 0.364. The van der Waals surface area contributed by atoms with E-state index < -0.39 is 0 Å². The Bertz CT molecular complexity index is 1120. The summed E-state index contributed by atoms with van der Waals surface area (Å²) in [5, 5.41) is 25.8. The molecular formula is C22H27N7OS. The number of nitrogens with zero attached hydrogens (tertiary/aromatic N) is 5. The van der Waals surface area contributed by atoms with Gasteiger partial charge in [-0.2, -0.15) is 10.2 Å². The summed E-state index contributed by atoms with van der Waals surface area (Å²) in [6, 6.07) is 10.1. The summed E-state index contributed by atoms with van der Waals surface area (Å²) < 4.78 is 1.83. The number of benzene rings is 1. The van der Waals surface area contributed by atoms with Crippen LogP contribution in [0.5, 0.6) is 0 Å². The lowest BCUT2D eigenvalue weighted by Crippen LogP contribution is -2.09. The van der Waals surface area contributed by atoms with E-state index in [2.05, 4.69) is 51.6 Å². The highest BCUT2D eigenvalue weighted by Crippen LogP contribution is 2.29. The summed E-state index contributed by atoms with van der Waals surface area (Å²) in [6.45, 7) is 6.79. The molecule has 3 heterocycles. The van der Waals surface area contributed by atoms with Gasteiger partial charge in [-0.05, 0) is 36.1 Å². The second kappa shape index (κ2) is 9.49. The third-order valence-electron chi connectivity index (χ3n) is 5.03. The molecule has 1 aromatic carbocycles. The SMILES string of the molecule is CCC(O)CSc1nc(NCc2ccc(-n3cccn3)cc2)c2n[nH]c(C(C)C)c2n1. The van der Waals surface area contributed by atoms with Crippen molar-refractivity contribution >= 4 is 28.6 Å². The smallest absolute Gasteiger partial charge is 0.190 e. The molecule has 0 fully saturated rings. The van der Waals surface area contributed by atoms with Crippen LogP contribution in [0.4, 0.5) is 5.82 Å². The van der Waals surface area contributed by atoms with Crippen LogP contribution in [0.2, 0.25) is 0 Å². The van der Waals surface area contributed by atoms with Crippen molar-refractivity contribution in [2.45, 2.75) is 50.9 Å². The molecule has 0 spiro atoms. The monoisotopic (exact) mass is 437 g/mol. The van der Waals surface area contributed by atoms with Gasteiger partial charge in [-0.25, -0.2) is 14.6 Å². The number of aliphatic hydroxyl groups is 1. The first-order valence-electron chi connectivity index (χ1n) is 10.4. The molecule has 0 aliphatic carbocycles. The molecule has 4 rings (SSSR count). The van der Waals surface area contributed by atoms with Crippen LogP contribution in [-0.2, 0) is 6.54 Å². The van der Waals surface area contributed by atoms with Crippen LogP contribution in [0.15, 0.2) is 47.9 Å². The fourth-order valence-corrected chi connectivity index (χ4v) is 4.04. The van der Waals surface area contributed by atoms with Crippen molar-refractivity contribution in [2.24, 2.45) is 0 Å². The number of H-pyrrole nitrogens is 1. The zero-order chi connectivity index (χ0) is 21.8. The highest BCUT2D eigenvalue weighted by molar-refractivity contribution is 7.99. The summed E-state index contributed by atoms with van der Waals surface area (Å²) in [6.07, 6.45) is 4.02. The van der Waals surface area contributed by atoms with Crippen LogP contribution in [0.3, 0.4) is 0 Å². The molecule has 1 unspecified atom stereocenters. The predicted octanol–water partition coefficient (Wildman–Crippen LogP) is 4.14. The molecule has 0 saturated heterocycles. The van der Waals surface area contributed by atoms with Gasteiger partial charge in [-0.3, -0.25) is 5.10 Å². The average molecular weight is 438 g/mol. The molecule has 0 saturated carbocycles. The van der Waals surface area contributed by atoms with Gasteiger partial charge in [0, 0.05) is 24.7 Å². The van der Waals surface area contributed by atoms with E-state index >= 15 is 0 Å². The maximum Gasteiger partial charge on any atom is 0.190 e. The van der Waals surface area contributed by atoms with Gasteiger partial charge in [0.1, 0.15) is 5.52 Å². The molecule has 162 valence electrons. The van der Waals surface area contributed by atoms with E-state index in [0.717, 1.165) is 28.0 Å². The molecular weight excluding hydrogens is 410 g/mol. The van der Waals surface area contributed by atoms with Crippen LogP contribution in [0, 0.1) is 0 Å². The molecule has 0 amide bonds. The fourth-order valence-electron chi connectivity index (χ4n) is 3.15. The van der Waals surface area contributed by atoms with Crippen LogP contribution in [0.1, 0.15) is 44.4 Å². The van der Waals surface area contributed by atoms with Gasteiger partial charge in [0.2, 0.25) is 0 Å². The number of aliphatic hydroxyl groups excluding tert-OH is 1. The summed E-state index contributed by atoms with van der Waals surface area (Å²) >= 11 is 1.46. The first-order chi connectivity index (χ1) is 15.0. The van der Waals surface area contributed by atoms with Crippen molar-refractivity contribution in [2.75, 3.05) is 11.1 Å². The quantitative estimate of drug-likeness (QED) is 0.267. The topological polar surface area (TPSA) is 105 Å². The number of anilines is 1. The molecule has 0 aliphatic rings. The molecule has 0 radical (unpaired) electrons. The van der Waals surface area contributed by atoms with Gasteiger partial charge >= 0.3 is 0 Å². The van der Waals surface area contributed by atoms with Crippen LogP contribution in [-0.4, -0.2) is 46.9 Å². The highest BCUT2D eigenvalue weighted by atomic mass is 32.2. The first kappa shape index (κ1) is 21.3. The Morgan fingerprint density at radius 3 is 2.65 bits per heavy atom. The minimum atomic E-state index is -0.372. The van der Waals surface area contributed by atoms with Crippen molar-refractivity contribution in [3.05, 3.63) is 54.0 Å². The average Bonchev–Trinajstić information content (AvgIpc) is 3.46. The third-order valence-corrected chi connectivity index (χ3v) is 6.02. The van der Waals surface area contributed by atoms with Gasteiger partial charge < -0.3 is 10.4 Å².